The van der Waals surface area contributed by atoms with Crippen LogP contribution >= 0.6 is 0 Å². The van der Waals surface area contributed by atoms with Crippen LogP contribution in [-0.2, 0) is 17.8 Å². The van der Waals surface area contributed by atoms with Gasteiger partial charge in [0.25, 0.3) is 0 Å². The van der Waals surface area contributed by atoms with Gasteiger partial charge in [0.05, 0.1) is 0 Å². The highest BCUT2D eigenvalue weighted by Gasteiger charge is 2.19. The van der Waals surface area contributed by atoms with E-state index in [1.807, 2.05) is 6.07 Å². The van der Waals surface area contributed by atoms with Crippen molar-refractivity contribution in [3.05, 3.63) is 35.5 Å². The van der Waals surface area contributed by atoms with E-state index in [-0.39, 0.29) is 11.9 Å². The van der Waals surface area contributed by atoms with Gasteiger partial charge in [-0.05, 0) is 44.2 Å². The van der Waals surface area contributed by atoms with Crippen molar-refractivity contribution in [2.75, 3.05) is 0 Å². The van der Waals surface area contributed by atoms with Crippen LogP contribution in [0.25, 0.3) is 10.9 Å². The fourth-order valence-electron chi connectivity index (χ4n) is 4.03. The number of nitrogens with two attached hydrogens (primary N) is 1. The van der Waals surface area contributed by atoms with Crippen molar-refractivity contribution in [2.45, 2.75) is 77.4 Å². The first-order valence-corrected chi connectivity index (χ1v) is 9.71. The first-order valence-electron chi connectivity index (χ1n) is 9.71. The summed E-state index contributed by atoms with van der Waals surface area (Å²) in [6.45, 7) is 4.63. The van der Waals surface area contributed by atoms with Gasteiger partial charge in [-0.15, -0.1) is 0 Å². The Balaban J connectivity index is 1.82. The molecular weight excluding hydrogens is 310 g/mol. The highest BCUT2D eigenvalue weighted by molar-refractivity contribution is 5.87. The average molecular weight is 341 g/mol. The lowest BCUT2D eigenvalue weighted by Crippen LogP contribution is -2.38. The summed E-state index contributed by atoms with van der Waals surface area (Å²) in [6, 6.07) is 8.88. The molecule has 1 aliphatic carbocycles. The van der Waals surface area contributed by atoms with Crippen molar-refractivity contribution in [1.82, 2.24) is 9.88 Å². The first kappa shape index (κ1) is 18.0. The number of hydrogen-bond donors (Lipinski definition) is 2. The van der Waals surface area contributed by atoms with E-state index in [0.29, 0.717) is 12.6 Å². The quantitative estimate of drug-likeness (QED) is 0.842. The molecule has 1 saturated carbocycles. The molecule has 1 heterocycles. The number of carbonyl (C=O) groups is 1. The predicted molar refractivity (Wildman–Crippen MR) is 104 cm³/mol. The molecule has 3 N–H and O–H groups in total. The van der Waals surface area contributed by atoms with E-state index >= 15 is 0 Å². The van der Waals surface area contributed by atoms with Gasteiger partial charge >= 0.3 is 0 Å². The zero-order chi connectivity index (χ0) is 17.8. The zero-order valence-corrected chi connectivity index (χ0v) is 15.6. The van der Waals surface area contributed by atoms with Crippen molar-refractivity contribution >= 4 is 16.8 Å². The largest absolute Gasteiger partial charge is 0.352 e. The van der Waals surface area contributed by atoms with Gasteiger partial charge < -0.3 is 15.6 Å². The van der Waals surface area contributed by atoms with Crippen LogP contribution in [0.5, 0.6) is 0 Å². The molecule has 0 aliphatic heterocycles. The minimum Gasteiger partial charge on any atom is -0.352 e. The molecule has 1 amide bonds. The maximum absolute atomic E-state index is 12.6. The van der Waals surface area contributed by atoms with E-state index in [2.05, 4.69) is 41.9 Å². The van der Waals surface area contributed by atoms with Crippen LogP contribution in [0.1, 0.15) is 56.7 Å². The average Bonchev–Trinajstić information content (AvgIpc) is 2.88. The van der Waals surface area contributed by atoms with Crippen LogP contribution in [0, 0.1) is 6.92 Å². The smallest absolute Gasteiger partial charge is 0.240 e. The summed E-state index contributed by atoms with van der Waals surface area (Å²) in [5.74, 6) is 0.127. The molecule has 1 unspecified atom stereocenters. The normalized spacial score (nSPS) is 16.9. The summed E-state index contributed by atoms with van der Waals surface area (Å²) in [7, 11) is 0. The van der Waals surface area contributed by atoms with Gasteiger partial charge in [0.15, 0.2) is 0 Å². The van der Waals surface area contributed by atoms with Gasteiger partial charge in [-0.2, -0.15) is 0 Å². The number of rotatable bonds is 6. The van der Waals surface area contributed by atoms with E-state index in [9.17, 15) is 4.79 Å². The van der Waals surface area contributed by atoms with E-state index in [1.54, 1.807) is 0 Å². The summed E-state index contributed by atoms with van der Waals surface area (Å²) < 4.78 is 2.16. The third-order valence-corrected chi connectivity index (χ3v) is 5.62. The number of amides is 1. The highest BCUT2D eigenvalue weighted by atomic mass is 16.2. The Labute approximate surface area is 150 Å². The number of para-hydroxylation sites is 1. The van der Waals surface area contributed by atoms with Gasteiger partial charge in [-0.1, -0.05) is 44.4 Å². The molecule has 0 radical (unpaired) electrons. The van der Waals surface area contributed by atoms with Crippen LogP contribution in [-0.4, -0.2) is 22.6 Å². The number of fused-ring (bicyclic) bond motifs is 1. The lowest BCUT2D eigenvalue weighted by Gasteiger charge is -2.23. The van der Waals surface area contributed by atoms with Crippen LogP contribution in [0.3, 0.4) is 0 Å². The van der Waals surface area contributed by atoms with Gasteiger partial charge in [0.2, 0.25) is 5.91 Å². The molecule has 3 rings (SSSR count). The Morgan fingerprint density at radius 2 is 2.00 bits per heavy atom. The Morgan fingerprint density at radius 1 is 1.28 bits per heavy atom. The fourth-order valence-corrected chi connectivity index (χ4v) is 4.03. The van der Waals surface area contributed by atoms with Crippen LogP contribution in [0.2, 0.25) is 0 Å². The third kappa shape index (κ3) is 4.06. The van der Waals surface area contributed by atoms with Gasteiger partial charge in [-0.3, -0.25) is 4.79 Å². The predicted octanol–water partition coefficient (Wildman–Crippen LogP) is 3.68. The Kier molecular flexibility index (Phi) is 5.79. The second-order valence-corrected chi connectivity index (χ2v) is 7.44. The van der Waals surface area contributed by atoms with E-state index in [4.69, 9.17) is 5.73 Å². The van der Waals surface area contributed by atoms with Gasteiger partial charge in [0, 0.05) is 28.7 Å². The lowest BCUT2D eigenvalue weighted by atomic mass is 9.95. The van der Waals surface area contributed by atoms with Crippen molar-refractivity contribution < 1.29 is 4.79 Å². The molecule has 1 fully saturated rings. The maximum atomic E-state index is 12.6. The van der Waals surface area contributed by atoms with Crippen molar-refractivity contribution in [3.8, 4) is 0 Å². The molecule has 1 aliphatic rings. The number of nitrogens with one attached hydrogen (secondary N) is 1. The molecule has 4 heteroatoms. The second-order valence-electron chi connectivity index (χ2n) is 7.44. The SMILES string of the molecule is CCC(N)Cc1c(C)n(CC(=O)NC2CCCCC2)c2ccccc12. The van der Waals surface area contributed by atoms with Crippen LogP contribution < -0.4 is 11.1 Å². The summed E-state index contributed by atoms with van der Waals surface area (Å²) in [5.41, 5.74) is 9.80. The molecule has 0 spiro atoms. The molecule has 4 nitrogen and oxygen atoms in total. The molecule has 1 aromatic carbocycles. The minimum atomic E-state index is 0.127. The molecule has 0 bridgehead atoms. The molecule has 136 valence electrons. The molecular formula is C21H31N3O. The summed E-state index contributed by atoms with van der Waals surface area (Å²) in [6.07, 6.45) is 7.82. The Hall–Kier alpha value is -1.81. The van der Waals surface area contributed by atoms with Crippen molar-refractivity contribution in [3.63, 3.8) is 0 Å². The summed E-state index contributed by atoms with van der Waals surface area (Å²) >= 11 is 0. The molecule has 1 atom stereocenters. The maximum Gasteiger partial charge on any atom is 0.240 e. The lowest BCUT2D eigenvalue weighted by molar-refractivity contribution is -0.122. The molecule has 1 aromatic heterocycles. The Morgan fingerprint density at radius 3 is 2.72 bits per heavy atom. The Bertz CT molecular complexity index is 728. The molecule has 25 heavy (non-hydrogen) atoms. The molecule has 0 saturated heterocycles. The number of carbonyl (C=O) groups excluding carboxylic acids is 1. The monoisotopic (exact) mass is 341 g/mol. The zero-order valence-electron chi connectivity index (χ0n) is 15.6. The second kappa shape index (κ2) is 8.05. The molecule has 2 aromatic rings. The number of hydrogen-bond acceptors (Lipinski definition) is 2. The minimum absolute atomic E-state index is 0.127. The third-order valence-electron chi connectivity index (χ3n) is 5.62. The number of benzene rings is 1. The van der Waals surface area contributed by atoms with Crippen LogP contribution in [0.4, 0.5) is 0 Å². The standard InChI is InChI=1S/C21H31N3O/c1-3-16(22)13-19-15(2)24(20-12-8-7-11-18(19)20)14-21(25)23-17-9-5-4-6-10-17/h7-8,11-12,16-17H,3-6,9-10,13-14,22H2,1-2H3,(H,23,25). The van der Waals surface area contributed by atoms with E-state index < -0.39 is 0 Å². The van der Waals surface area contributed by atoms with Gasteiger partial charge in [-0.25, -0.2) is 0 Å². The van der Waals surface area contributed by atoms with Crippen molar-refractivity contribution in [1.29, 1.82) is 0 Å². The first-order chi connectivity index (χ1) is 12.1. The highest BCUT2D eigenvalue weighted by Crippen LogP contribution is 2.27. The topological polar surface area (TPSA) is 60.0 Å². The van der Waals surface area contributed by atoms with E-state index in [1.165, 1.54) is 35.9 Å². The number of nitrogens with zero attached hydrogens (tertiary/aromatic N) is 1. The van der Waals surface area contributed by atoms with Crippen LogP contribution in [0.15, 0.2) is 24.3 Å². The summed E-state index contributed by atoms with van der Waals surface area (Å²) in [4.78, 5) is 12.6. The summed E-state index contributed by atoms with van der Waals surface area (Å²) in [5, 5.41) is 4.47. The fraction of sp³-hybridized carbons (Fsp3) is 0.571. The number of aromatic nitrogens is 1. The van der Waals surface area contributed by atoms with E-state index in [0.717, 1.165) is 31.2 Å². The van der Waals surface area contributed by atoms with Crippen molar-refractivity contribution in [2.24, 2.45) is 5.73 Å². The van der Waals surface area contributed by atoms with Gasteiger partial charge in [0.1, 0.15) is 6.54 Å².